The molecule has 0 bridgehead atoms. The lowest BCUT2D eigenvalue weighted by Crippen LogP contribution is -2.24. The number of carbonyl (C=O) groups excluding carboxylic acids is 1. The van der Waals surface area contributed by atoms with Gasteiger partial charge in [0, 0.05) is 0 Å². The van der Waals surface area contributed by atoms with Crippen molar-refractivity contribution in [3.05, 3.63) is 0 Å². The zero-order valence-corrected chi connectivity index (χ0v) is 5.24. The van der Waals surface area contributed by atoms with Crippen LogP contribution in [0, 0.1) is 5.92 Å². The van der Waals surface area contributed by atoms with Gasteiger partial charge in [-0.2, -0.15) is 0 Å². The number of aldehydes is 1. The van der Waals surface area contributed by atoms with Crippen LogP contribution in [0.2, 0.25) is 0 Å². The average Bonchev–Trinajstić information content (AvgIpc) is 1.90. The molecule has 0 aromatic heterocycles. The highest BCUT2D eigenvalue weighted by molar-refractivity contribution is 5.93. The number of carbonyl (C=O) groups is 1. The van der Waals surface area contributed by atoms with Crippen LogP contribution in [-0.4, -0.2) is 17.3 Å². The van der Waals surface area contributed by atoms with Gasteiger partial charge in [-0.1, -0.05) is 12.1 Å². The van der Waals surface area contributed by atoms with E-state index in [1.54, 1.807) is 6.92 Å². The summed E-state index contributed by atoms with van der Waals surface area (Å²) < 4.78 is 0. The van der Waals surface area contributed by atoms with Gasteiger partial charge in [-0.15, -0.1) is 0 Å². The van der Waals surface area contributed by atoms with E-state index >= 15 is 0 Å². The summed E-state index contributed by atoms with van der Waals surface area (Å²) in [5, 5.41) is 10.8. The quantitative estimate of drug-likeness (QED) is 0.185. The van der Waals surface area contributed by atoms with E-state index in [-0.39, 0.29) is 5.84 Å². The largest absolute Gasteiger partial charge is 0.409 e. The fourth-order valence-corrected chi connectivity index (χ4v) is 0.449. The zero-order valence-electron chi connectivity index (χ0n) is 5.24. The van der Waals surface area contributed by atoms with Crippen molar-refractivity contribution < 1.29 is 10.0 Å². The van der Waals surface area contributed by atoms with E-state index in [4.69, 9.17) is 10.9 Å². The van der Waals surface area contributed by atoms with E-state index in [0.29, 0.717) is 12.7 Å². The Bertz CT molecular complexity index is 122. The maximum Gasteiger partial charge on any atom is 0.149 e. The minimum absolute atomic E-state index is 0.0208. The van der Waals surface area contributed by atoms with E-state index in [1.165, 1.54) is 0 Å². The third kappa shape index (κ3) is 2.12. The lowest BCUT2D eigenvalue weighted by atomic mass is 10.1. The van der Waals surface area contributed by atoms with E-state index in [1.807, 2.05) is 0 Å². The monoisotopic (exact) mass is 130 g/mol. The Hall–Kier alpha value is -1.06. The molecule has 52 valence electrons. The summed E-state index contributed by atoms with van der Waals surface area (Å²) in [5.41, 5.74) is 5.11. The molecule has 0 aliphatic carbocycles. The topological polar surface area (TPSA) is 75.7 Å². The van der Waals surface area contributed by atoms with Crippen LogP contribution in [0.3, 0.4) is 0 Å². The van der Waals surface area contributed by atoms with E-state index in [9.17, 15) is 4.79 Å². The van der Waals surface area contributed by atoms with Gasteiger partial charge in [0.05, 0.1) is 5.92 Å². The van der Waals surface area contributed by atoms with Crippen molar-refractivity contribution in [3.8, 4) is 0 Å². The van der Waals surface area contributed by atoms with E-state index in [2.05, 4.69) is 5.16 Å². The first-order chi connectivity index (χ1) is 4.26. The smallest absolute Gasteiger partial charge is 0.149 e. The molecule has 0 heterocycles. The van der Waals surface area contributed by atoms with Crippen molar-refractivity contribution in [2.75, 3.05) is 0 Å². The molecule has 4 nitrogen and oxygen atoms in total. The van der Waals surface area contributed by atoms with Crippen molar-refractivity contribution in [1.82, 2.24) is 0 Å². The molecule has 3 N–H and O–H groups in total. The summed E-state index contributed by atoms with van der Waals surface area (Å²) in [6, 6.07) is 0. The minimum atomic E-state index is -0.435. The van der Waals surface area contributed by atoms with Gasteiger partial charge >= 0.3 is 0 Å². The van der Waals surface area contributed by atoms with Crippen LogP contribution in [0.15, 0.2) is 5.16 Å². The lowest BCUT2D eigenvalue weighted by molar-refractivity contribution is -0.109. The summed E-state index contributed by atoms with van der Waals surface area (Å²) in [6.45, 7) is 1.79. The van der Waals surface area contributed by atoms with Gasteiger partial charge in [0.2, 0.25) is 0 Å². The molecule has 0 aliphatic heterocycles. The molecule has 9 heavy (non-hydrogen) atoms. The first-order valence-corrected chi connectivity index (χ1v) is 2.69. The van der Waals surface area contributed by atoms with Crippen molar-refractivity contribution in [3.63, 3.8) is 0 Å². The van der Waals surface area contributed by atoms with Gasteiger partial charge in [0.25, 0.3) is 0 Å². The summed E-state index contributed by atoms with van der Waals surface area (Å²) in [5.74, 6) is -0.456. The predicted octanol–water partition coefficient (Wildman–Crippen LogP) is -0.0421. The third-order valence-electron chi connectivity index (χ3n) is 1.10. The summed E-state index contributed by atoms with van der Waals surface area (Å²) in [7, 11) is 0. The second-order valence-corrected chi connectivity index (χ2v) is 1.68. The molecule has 0 spiro atoms. The molecule has 0 aromatic carbocycles. The summed E-state index contributed by atoms with van der Waals surface area (Å²) in [6.07, 6.45) is 1.23. The normalized spacial score (nSPS) is 15.0. The van der Waals surface area contributed by atoms with Gasteiger partial charge < -0.3 is 15.7 Å². The third-order valence-corrected chi connectivity index (χ3v) is 1.10. The zero-order chi connectivity index (χ0) is 7.28. The molecule has 0 aromatic rings. The Balaban J connectivity index is 3.94. The number of hydrogen-bond donors (Lipinski definition) is 2. The number of amidine groups is 1. The highest BCUT2D eigenvalue weighted by atomic mass is 16.4. The number of oxime groups is 1. The molecule has 0 saturated heterocycles. The fourth-order valence-electron chi connectivity index (χ4n) is 0.449. The molecule has 0 saturated carbocycles. The SMILES string of the molecule is CCC(C=O)/C(N)=N/O. The molecule has 1 unspecified atom stereocenters. The Morgan fingerprint density at radius 2 is 2.56 bits per heavy atom. The second-order valence-electron chi connectivity index (χ2n) is 1.68. The molecular weight excluding hydrogens is 120 g/mol. The number of nitrogens with two attached hydrogens (primary N) is 1. The Morgan fingerprint density at radius 3 is 2.67 bits per heavy atom. The molecule has 0 aliphatic rings. The van der Waals surface area contributed by atoms with E-state index < -0.39 is 5.92 Å². The van der Waals surface area contributed by atoms with Gasteiger partial charge in [0.1, 0.15) is 12.1 Å². The van der Waals surface area contributed by atoms with E-state index in [0.717, 1.165) is 0 Å². The molecule has 0 fully saturated rings. The van der Waals surface area contributed by atoms with Crippen LogP contribution < -0.4 is 5.73 Å². The average molecular weight is 130 g/mol. The summed E-state index contributed by atoms with van der Waals surface area (Å²) >= 11 is 0. The second kappa shape index (κ2) is 3.88. The first kappa shape index (κ1) is 7.94. The van der Waals surface area contributed by atoms with Crippen LogP contribution in [0.1, 0.15) is 13.3 Å². The minimum Gasteiger partial charge on any atom is -0.409 e. The number of hydrogen-bond acceptors (Lipinski definition) is 3. The Labute approximate surface area is 53.3 Å². The van der Waals surface area contributed by atoms with Crippen molar-refractivity contribution in [2.24, 2.45) is 16.8 Å². The predicted molar refractivity (Wildman–Crippen MR) is 33.3 cm³/mol. The van der Waals surface area contributed by atoms with Crippen molar-refractivity contribution in [2.45, 2.75) is 13.3 Å². The van der Waals surface area contributed by atoms with Crippen LogP contribution in [-0.2, 0) is 4.79 Å². The van der Waals surface area contributed by atoms with Gasteiger partial charge in [0.15, 0.2) is 0 Å². The van der Waals surface area contributed by atoms with Crippen LogP contribution in [0.5, 0.6) is 0 Å². The maximum atomic E-state index is 10.1. The van der Waals surface area contributed by atoms with Gasteiger partial charge in [-0.05, 0) is 6.42 Å². The molecular formula is C5H10N2O2. The molecule has 0 radical (unpaired) electrons. The fraction of sp³-hybridized carbons (Fsp3) is 0.600. The molecule has 4 heteroatoms. The Kier molecular flexibility index (Phi) is 3.43. The van der Waals surface area contributed by atoms with Crippen LogP contribution in [0.25, 0.3) is 0 Å². The highest BCUT2D eigenvalue weighted by Crippen LogP contribution is 1.96. The summed E-state index contributed by atoms with van der Waals surface area (Å²) in [4.78, 5) is 10.1. The standard InChI is InChI=1S/C5H10N2O2/c1-2-4(3-8)5(6)7-9/h3-4,9H,2H2,1H3,(H2,6,7). The lowest BCUT2D eigenvalue weighted by Gasteiger charge is -2.01. The van der Waals surface area contributed by atoms with Crippen molar-refractivity contribution in [1.29, 1.82) is 0 Å². The number of nitrogens with zero attached hydrogens (tertiary/aromatic N) is 1. The van der Waals surface area contributed by atoms with Gasteiger partial charge in [-0.3, -0.25) is 0 Å². The maximum absolute atomic E-state index is 10.1. The van der Waals surface area contributed by atoms with Crippen LogP contribution in [0.4, 0.5) is 0 Å². The first-order valence-electron chi connectivity index (χ1n) is 2.69. The molecule has 1 atom stereocenters. The Morgan fingerprint density at radius 1 is 2.00 bits per heavy atom. The molecule has 0 rings (SSSR count). The van der Waals surface area contributed by atoms with Crippen molar-refractivity contribution >= 4 is 12.1 Å². The highest BCUT2D eigenvalue weighted by Gasteiger charge is 2.08. The number of rotatable bonds is 3. The van der Waals surface area contributed by atoms with Gasteiger partial charge in [-0.25, -0.2) is 0 Å². The van der Waals surface area contributed by atoms with Crippen LogP contribution >= 0.6 is 0 Å². The molecule has 0 amide bonds.